The Labute approximate surface area is 154 Å². The third-order valence-corrected chi connectivity index (χ3v) is 4.25. The average molecular weight is 425 g/mol. The number of guanidine groups is 1. The van der Waals surface area contributed by atoms with E-state index in [4.69, 9.17) is 5.73 Å². The molecule has 0 atom stereocenters. The van der Waals surface area contributed by atoms with Crippen LogP contribution in [0.15, 0.2) is 41.7 Å². The molecule has 1 aliphatic carbocycles. The average Bonchev–Trinajstić information content (AvgIpc) is 2.90. The summed E-state index contributed by atoms with van der Waals surface area (Å²) in [6.45, 7) is 1.52. The summed E-state index contributed by atoms with van der Waals surface area (Å²) in [5, 5.41) is 7.47. The van der Waals surface area contributed by atoms with Crippen LogP contribution in [0.25, 0.3) is 11.1 Å². The minimum absolute atomic E-state index is 0. The van der Waals surface area contributed by atoms with Crippen LogP contribution in [0.1, 0.15) is 24.8 Å². The number of nitrogens with zero attached hydrogens (tertiary/aromatic N) is 3. The largest absolute Gasteiger partial charge is 0.370 e. The van der Waals surface area contributed by atoms with Crippen molar-refractivity contribution in [2.75, 3.05) is 6.54 Å². The molecular formula is C17H24IN5. The molecule has 1 saturated carbocycles. The number of benzene rings is 1. The Bertz CT molecular complexity index is 661. The highest BCUT2D eigenvalue weighted by Crippen LogP contribution is 2.25. The van der Waals surface area contributed by atoms with E-state index < -0.39 is 0 Å². The molecule has 0 unspecified atom stereocenters. The van der Waals surface area contributed by atoms with Crippen molar-refractivity contribution < 1.29 is 0 Å². The number of aromatic nitrogens is 2. The molecule has 5 nitrogen and oxygen atoms in total. The molecule has 1 heterocycles. The third kappa shape index (κ3) is 4.70. The first kappa shape index (κ1) is 17.8. The molecule has 1 fully saturated rings. The van der Waals surface area contributed by atoms with Gasteiger partial charge in [0.15, 0.2) is 5.96 Å². The van der Waals surface area contributed by atoms with E-state index in [1.165, 1.54) is 19.3 Å². The van der Waals surface area contributed by atoms with Crippen molar-refractivity contribution in [2.45, 2.75) is 25.8 Å². The van der Waals surface area contributed by atoms with Crippen molar-refractivity contribution >= 4 is 29.9 Å². The van der Waals surface area contributed by atoms with Gasteiger partial charge in [0.1, 0.15) is 0 Å². The number of nitrogens with two attached hydrogens (primary N) is 1. The number of rotatable bonds is 5. The number of hydrogen-bond donors (Lipinski definition) is 2. The van der Waals surface area contributed by atoms with Crippen LogP contribution in [0.2, 0.25) is 0 Å². The van der Waals surface area contributed by atoms with Crippen LogP contribution in [-0.4, -0.2) is 22.3 Å². The van der Waals surface area contributed by atoms with Gasteiger partial charge in [-0.1, -0.05) is 30.7 Å². The van der Waals surface area contributed by atoms with Gasteiger partial charge in [-0.3, -0.25) is 4.68 Å². The molecule has 0 bridgehead atoms. The number of aliphatic imine (C=N–C) groups is 1. The normalized spacial score (nSPS) is 14.9. The Morgan fingerprint density at radius 1 is 1.39 bits per heavy atom. The van der Waals surface area contributed by atoms with E-state index >= 15 is 0 Å². The monoisotopic (exact) mass is 425 g/mol. The van der Waals surface area contributed by atoms with Gasteiger partial charge in [0.2, 0.25) is 0 Å². The number of aryl methyl sites for hydroxylation is 1. The minimum Gasteiger partial charge on any atom is -0.370 e. The Kier molecular flexibility index (Phi) is 6.44. The standard InChI is InChI=1S/C17H23N5.HI/c1-22-12-15(11-21-22)16-8-3-2-7-14(16)10-20-17(18)19-9-13-5-4-6-13;/h2-3,7-8,11-13H,4-6,9-10H2,1H3,(H3,18,19,20);1H. The van der Waals surface area contributed by atoms with Crippen molar-refractivity contribution in [3.8, 4) is 11.1 Å². The first-order valence-corrected chi connectivity index (χ1v) is 7.83. The second-order valence-electron chi connectivity index (χ2n) is 5.94. The van der Waals surface area contributed by atoms with Gasteiger partial charge in [0, 0.05) is 25.4 Å². The molecular weight excluding hydrogens is 401 g/mol. The number of nitrogens with one attached hydrogen (secondary N) is 1. The van der Waals surface area contributed by atoms with Gasteiger partial charge in [-0.25, -0.2) is 4.99 Å². The molecule has 124 valence electrons. The molecule has 0 saturated heterocycles. The highest BCUT2D eigenvalue weighted by Gasteiger charge is 2.16. The third-order valence-electron chi connectivity index (χ3n) is 4.25. The van der Waals surface area contributed by atoms with E-state index in [1.807, 2.05) is 36.3 Å². The summed E-state index contributed by atoms with van der Waals surface area (Å²) in [5.41, 5.74) is 9.38. The van der Waals surface area contributed by atoms with Crippen molar-refractivity contribution in [2.24, 2.45) is 23.7 Å². The summed E-state index contributed by atoms with van der Waals surface area (Å²) in [6, 6.07) is 8.25. The van der Waals surface area contributed by atoms with Crippen LogP contribution in [0.4, 0.5) is 0 Å². The maximum Gasteiger partial charge on any atom is 0.188 e. The molecule has 1 aliphatic rings. The molecule has 2 aromatic rings. The number of hydrogen-bond acceptors (Lipinski definition) is 2. The topological polar surface area (TPSA) is 68.2 Å². The maximum absolute atomic E-state index is 5.96. The van der Waals surface area contributed by atoms with E-state index in [0.29, 0.717) is 12.5 Å². The van der Waals surface area contributed by atoms with Crippen molar-refractivity contribution in [3.05, 3.63) is 42.2 Å². The Morgan fingerprint density at radius 2 is 2.17 bits per heavy atom. The van der Waals surface area contributed by atoms with Crippen LogP contribution < -0.4 is 11.1 Å². The van der Waals surface area contributed by atoms with Gasteiger partial charge >= 0.3 is 0 Å². The fourth-order valence-electron chi connectivity index (χ4n) is 2.67. The van der Waals surface area contributed by atoms with Gasteiger partial charge in [0.25, 0.3) is 0 Å². The summed E-state index contributed by atoms with van der Waals surface area (Å²) >= 11 is 0. The summed E-state index contributed by atoms with van der Waals surface area (Å²) in [4.78, 5) is 4.47. The van der Waals surface area contributed by atoms with Crippen LogP contribution in [0, 0.1) is 5.92 Å². The second-order valence-corrected chi connectivity index (χ2v) is 5.94. The molecule has 0 radical (unpaired) electrons. The first-order valence-electron chi connectivity index (χ1n) is 7.83. The summed E-state index contributed by atoms with van der Waals surface area (Å²) in [6.07, 6.45) is 7.86. The summed E-state index contributed by atoms with van der Waals surface area (Å²) in [7, 11) is 1.92. The lowest BCUT2D eigenvalue weighted by atomic mass is 9.85. The lowest BCUT2D eigenvalue weighted by Crippen LogP contribution is -2.37. The predicted octanol–water partition coefficient (Wildman–Crippen LogP) is 2.91. The molecule has 0 amide bonds. The summed E-state index contributed by atoms with van der Waals surface area (Å²) < 4.78 is 1.81. The van der Waals surface area contributed by atoms with Gasteiger partial charge in [0.05, 0.1) is 12.7 Å². The Balaban J connectivity index is 0.00000192. The fraction of sp³-hybridized carbons (Fsp3) is 0.412. The lowest BCUT2D eigenvalue weighted by Gasteiger charge is -2.25. The molecule has 3 rings (SSSR count). The zero-order chi connectivity index (χ0) is 15.4. The van der Waals surface area contributed by atoms with Gasteiger partial charge in [-0.15, -0.1) is 24.0 Å². The molecule has 1 aromatic heterocycles. The molecule has 1 aromatic carbocycles. The van der Waals surface area contributed by atoms with Crippen LogP contribution in [0.3, 0.4) is 0 Å². The van der Waals surface area contributed by atoms with E-state index in [-0.39, 0.29) is 24.0 Å². The first-order chi connectivity index (χ1) is 10.7. The zero-order valence-electron chi connectivity index (χ0n) is 13.4. The highest BCUT2D eigenvalue weighted by atomic mass is 127. The SMILES string of the molecule is Cn1cc(-c2ccccc2CN=C(N)NCC2CCC2)cn1.I. The van der Waals surface area contributed by atoms with Crippen LogP contribution in [-0.2, 0) is 13.6 Å². The van der Waals surface area contributed by atoms with Crippen molar-refractivity contribution in [1.82, 2.24) is 15.1 Å². The Hall–Kier alpha value is -1.57. The van der Waals surface area contributed by atoms with Gasteiger partial charge in [-0.05, 0) is 29.9 Å². The van der Waals surface area contributed by atoms with Crippen molar-refractivity contribution in [1.29, 1.82) is 0 Å². The van der Waals surface area contributed by atoms with E-state index in [2.05, 4.69) is 27.5 Å². The quantitative estimate of drug-likeness (QED) is 0.440. The molecule has 23 heavy (non-hydrogen) atoms. The van der Waals surface area contributed by atoms with E-state index in [0.717, 1.165) is 29.2 Å². The van der Waals surface area contributed by atoms with Gasteiger partial charge < -0.3 is 11.1 Å². The minimum atomic E-state index is 0. The molecule has 3 N–H and O–H groups in total. The van der Waals surface area contributed by atoms with E-state index in [9.17, 15) is 0 Å². The second kappa shape index (κ2) is 8.33. The molecule has 0 aliphatic heterocycles. The fourth-order valence-corrected chi connectivity index (χ4v) is 2.67. The summed E-state index contributed by atoms with van der Waals surface area (Å²) in [5.74, 6) is 1.31. The van der Waals surface area contributed by atoms with Gasteiger partial charge in [-0.2, -0.15) is 5.10 Å². The van der Waals surface area contributed by atoms with Crippen LogP contribution in [0.5, 0.6) is 0 Å². The maximum atomic E-state index is 5.96. The predicted molar refractivity (Wildman–Crippen MR) is 105 cm³/mol. The molecule has 0 spiro atoms. The smallest absolute Gasteiger partial charge is 0.188 e. The van der Waals surface area contributed by atoms with Crippen molar-refractivity contribution in [3.63, 3.8) is 0 Å². The highest BCUT2D eigenvalue weighted by molar-refractivity contribution is 14.0. The molecule has 6 heteroatoms. The Morgan fingerprint density at radius 3 is 2.83 bits per heavy atom. The van der Waals surface area contributed by atoms with E-state index in [1.54, 1.807) is 0 Å². The lowest BCUT2D eigenvalue weighted by molar-refractivity contribution is 0.315. The number of halogens is 1. The van der Waals surface area contributed by atoms with Crippen LogP contribution >= 0.6 is 24.0 Å². The zero-order valence-corrected chi connectivity index (χ0v) is 15.7.